The van der Waals surface area contributed by atoms with Crippen molar-refractivity contribution in [3.8, 4) is 0 Å². The predicted molar refractivity (Wildman–Crippen MR) is 70.9 cm³/mol. The molecule has 2 N–H and O–H groups in total. The van der Waals surface area contributed by atoms with Crippen LogP contribution in [0.1, 0.15) is 45.4 Å². The van der Waals surface area contributed by atoms with Crippen LogP contribution in [0.2, 0.25) is 0 Å². The van der Waals surface area contributed by atoms with E-state index in [4.69, 9.17) is 0 Å². The average molecular weight is 235 g/mol. The van der Waals surface area contributed by atoms with Crippen molar-refractivity contribution in [1.29, 1.82) is 0 Å². The first-order valence-corrected chi connectivity index (χ1v) is 6.99. The lowest BCUT2D eigenvalue weighted by Crippen LogP contribution is -2.41. The molecule has 2 rings (SSSR count). The van der Waals surface area contributed by atoms with E-state index in [2.05, 4.69) is 29.1 Å². The average Bonchev–Trinajstić information content (AvgIpc) is 2.83. The van der Waals surface area contributed by atoms with Crippen LogP contribution in [0.25, 0.3) is 0 Å². The number of nitrogens with zero attached hydrogens (tertiary/aromatic N) is 1. The number of aromatic nitrogens is 2. The predicted octanol–water partition coefficient (Wildman–Crippen LogP) is 2.76. The molecule has 17 heavy (non-hydrogen) atoms. The van der Waals surface area contributed by atoms with Gasteiger partial charge >= 0.3 is 0 Å². The molecule has 0 spiro atoms. The van der Waals surface area contributed by atoms with Crippen LogP contribution in [0.15, 0.2) is 12.4 Å². The minimum Gasteiger partial charge on any atom is -0.349 e. The summed E-state index contributed by atoms with van der Waals surface area (Å²) in [4.78, 5) is 7.40. The lowest BCUT2D eigenvalue weighted by atomic mass is 9.78. The number of aryl methyl sites for hydroxylation is 1. The fourth-order valence-electron chi connectivity index (χ4n) is 2.85. The van der Waals surface area contributed by atoms with Gasteiger partial charge in [0.15, 0.2) is 0 Å². The fraction of sp³-hybridized carbons (Fsp3) is 0.786. The van der Waals surface area contributed by atoms with Crippen LogP contribution in [0.3, 0.4) is 0 Å². The highest BCUT2D eigenvalue weighted by atomic mass is 14.9. The Kier molecular flexibility index (Phi) is 4.60. The number of hydrogen-bond donors (Lipinski definition) is 2. The SMILES string of the molecule is CC1CCCC(NCCCc2ncc[nH]2)C1C. The maximum atomic E-state index is 4.24. The van der Waals surface area contributed by atoms with Gasteiger partial charge in [0.25, 0.3) is 0 Å². The van der Waals surface area contributed by atoms with Crippen LogP contribution in [-0.2, 0) is 6.42 Å². The fourth-order valence-corrected chi connectivity index (χ4v) is 2.85. The molecular weight excluding hydrogens is 210 g/mol. The lowest BCUT2D eigenvalue weighted by Gasteiger charge is -2.34. The molecule has 3 heteroatoms. The first kappa shape index (κ1) is 12.6. The highest BCUT2D eigenvalue weighted by Gasteiger charge is 2.26. The molecule has 0 bridgehead atoms. The normalized spacial score (nSPS) is 29.4. The van der Waals surface area contributed by atoms with E-state index in [1.54, 1.807) is 0 Å². The molecule has 0 amide bonds. The Balaban J connectivity index is 1.64. The minimum atomic E-state index is 0.732. The van der Waals surface area contributed by atoms with E-state index < -0.39 is 0 Å². The smallest absolute Gasteiger partial charge is 0.106 e. The maximum Gasteiger partial charge on any atom is 0.106 e. The molecule has 1 saturated carbocycles. The van der Waals surface area contributed by atoms with E-state index >= 15 is 0 Å². The van der Waals surface area contributed by atoms with Crippen molar-refractivity contribution in [1.82, 2.24) is 15.3 Å². The summed E-state index contributed by atoms with van der Waals surface area (Å²) >= 11 is 0. The Morgan fingerprint density at radius 3 is 3.06 bits per heavy atom. The molecule has 1 aromatic rings. The van der Waals surface area contributed by atoms with Gasteiger partial charge in [-0.25, -0.2) is 4.98 Å². The third-order valence-electron chi connectivity index (χ3n) is 4.26. The van der Waals surface area contributed by atoms with Crippen LogP contribution < -0.4 is 5.32 Å². The molecule has 3 atom stereocenters. The third kappa shape index (κ3) is 3.56. The van der Waals surface area contributed by atoms with Gasteiger partial charge in [-0.1, -0.05) is 26.7 Å². The van der Waals surface area contributed by atoms with E-state index in [-0.39, 0.29) is 0 Å². The maximum absolute atomic E-state index is 4.24. The van der Waals surface area contributed by atoms with Gasteiger partial charge in [0.05, 0.1) is 0 Å². The summed E-state index contributed by atoms with van der Waals surface area (Å²) in [6.07, 6.45) is 10.1. The molecule has 96 valence electrons. The topological polar surface area (TPSA) is 40.7 Å². The first-order valence-electron chi connectivity index (χ1n) is 6.99. The zero-order valence-electron chi connectivity index (χ0n) is 11.1. The summed E-state index contributed by atoms with van der Waals surface area (Å²) in [6.45, 7) is 5.90. The highest BCUT2D eigenvalue weighted by molar-refractivity contribution is 4.87. The van der Waals surface area contributed by atoms with Gasteiger partial charge in [0, 0.05) is 24.9 Å². The zero-order valence-corrected chi connectivity index (χ0v) is 11.1. The summed E-state index contributed by atoms with van der Waals surface area (Å²) in [5, 5.41) is 3.72. The quantitative estimate of drug-likeness (QED) is 0.770. The Morgan fingerprint density at radius 1 is 1.41 bits per heavy atom. The molecule has 1 heterocycles. The van der Waals surface area contributed by atoms with Gasteiger partial charge in [-0.05, 0) is 31.2 Å². The van der Waals surface area contributed by atoms with E-state index in [1.807, 2.05) is 12.4 Å². The van der Waals surface area contributed by atoms with E-state index in [0.717, 1.165) is 36.7 Å². The van der Waals surface area contributed by atoms with Crippen molar-refractivity contribution >= 4 is 0 Å². The number of imidazole rings is 1. The monoisotopic (exact) mass is 235 g/mol. The van der Waals surface area contributed by atoms with E-state index in [9.17, 15) is 0 Å². The van der Waals surface area contributed by atoms with Gasteiger partial charge in [-0.15, -0.1) is 0 Å². The Labute approximate surface area is 104 Å². The van der Waals surface area contributed by atoms with Crippen LogP contribution >= 0.6 is 0 Å². The van der Waals surface area contributed by atoms with Crippen LogP contribution in [-0.4, -0.2) is 22.6 Å². The Hall–Kier alpha value is -0.830. The van der Waals surface area contributed by atoms with Crippen LogP contribution in [0.4, 0.5) is 0 Å². The molecular formula is C14H25N3. The summed E-state index contributed by atoms with van der Waals surface area (Å²) in [6, 6.07) is 0.732. The lowest BCUT2D eigenvalue weighted by molar-refractivity contribution is 0.207. The summed E-state index contributed by atoms with van der Waals surface area (Å²) in [7, 11) is 0. The van der Waals surface area contributed by atoms with Crippen molar-refractivity contribution in [2.45, 2.75) is 52.0 Å². The van der Waals surface area contributed by atoms with Gasteiger partial charge < -0.3 is 10.3 Å². The van der Waals surface area contributed by atoms with Gasteiger partial charge in [-0.3, -0.25) is 0 Å². The molecule has 0 aliphatic heterocycles. The number of rotatable bonds is 5. The van der Waals surface area contributed by atoms with Crippen molar-refractivity contribution in [2.24, 2.45) is 11.8 Å². The second-order valence-electron chi connectivity index (χ2n) is 5.47. The zero-order chi connectivity index (χ0) is 12.1. The molecule has 0 radical (unpaired) electrons. The third-order valence-corrected chi connectivity index (χ3v) is 4.26. The van der Waals surface area contributed by atoms with Crippen molar-refractivity contribution in [3.05, 3.63) is 18.2 Å². The van der Waals surface area contributed by atoms with E-state index in [1.165, 1.54) is 25.7 Å². The molecule has 1 aliphatic rings. The van der Waals surface area contributed by atoms with Gasteiger partial charge in [0.2, 0.25) is 0 Å². The van der Waals surface area contributed by atoms with Crippen molar-refractivity contribution < 1.29 is 0 Å². The Morgan fingerprint density at radius 2 is 2.29 bits per heavy atom. The first-order chi connectivity index (χ1) is 8.27. The molecule has 0 aromatic carbocycles. The molecule has 0 saturated heterocycles. The van der Waals surface area contributed by atoms with E-state index in [0.29, 0.717) is 0 Å². The van der Waals surface area contributed by atoms with Crippen LogP contribution in [0.5, 0.6) is 0 Å². The number of H-pyrrole nitrogens is 1. The van der Waals surface area contributed by atoms with Crippen molar-refractivity contribution in [3.63, 3.8) is 0 Å². The molecule has 1 fully saturated rings. The minimum absolute atomic E-state index is 0.732. The number of hydrogen-bond acceptors (Lipinski definition) is 2. The second kappa shape index (κ2) is 6.20. The van der Waals surface area contributed by atoms with Crippen molar-refractivity contribution in [2.75, 3.05) is 6.54 Å². The summed E-state index contributed by atoms with van der Waals surface area (Å²) < 4.78 is 0. The van der Waals surface area contributed by atoms with Crippen LogP contribution in [0, 0.1) is 11.8 Å². The molecule has 1 aromatic heterocycles. The summed E-state index contributed by atoms with van der Waals surface area (Å²) in [5.41, 5.74) is 0. The molecule has 3 nitrogen and oxygen atoms in total. The number of aromatic amines is 1. The Bertz CT molecular complexity index is 307. The highest BCUT2D eigenvalue weighted by Crippen LogP contribution is 2.29. The van der Waals surface area contributed by atoms with Gasteiger partial charge in [-0.2, -0.15) is 0 Å². The van der Waals surface area contributed by atoms with Gasteiger partial charge in [0.1, 0.15) is 5.82 Å². The molecule has 1 aliphatic carbocycles. The number of nitrogens with one attached hydrogen (secondary N) is 2. The summed E-state index contributed by atoms with van der Waals surface area (Å²) in [5.74, 6) is 2.82. The molecule has 3 unspecified atom stereocenters. The standard InChI is InChI=1S/C14H25N3/c1-11-5-3-6-13(12(11)2)15-8-4-7-14-16-9-10-17-14/h9-13,15H,3-8H2,1-2H3,(H,16,17). The largest absolute Gasteiger partial charge is 0.349 e. The second-order valence-corrected chi connectivity index (χ2v) is 5.47.